The molecule has 0 spiro atoms. The molecule has 1 aliphatic rings. The Balaban J connectivity index is 2.37. The van der Waals surface area contributed by atoms with E-state index in [0.717, 1.165) is 36.3 Å². The van der Waals surface area contributed by atoms with Gasteiger partial charge < -0.3 is 10.6 Å². The van der Waals surface area contributed by atoms with Gasteiger partial charge in [-0.1, -0.05) is 6.42 Å². The second-order valence-corrected chi connectivity index (χ2v) is 7.19. The molecule has 2 rings (SSSR count). The summed E-state index contributed by atoms with van der Waals surface area (Å²) in [5.74, 6) is -0.399. The van der Waals surface area contributed by atoms with Crippen LogP contribution < -0.4 is 10.6 Å². The molecule has 0 unspecified atom stereocenters. The summed E-state index contributed by atoms with van der Waals surface area (Å²) in [5.41, 5.74) is 2.94. The fourth-order valence-electron chi connectivity index (χ4n) is 3.03. The molecule has 1 fully saturated rings. The first-order valence-electron chi connectivity index (χ1n) is 8.53. The van der Waals surface area contributed by atoms with Crippen LogP contribution in [0, 0.1) is 11.3 Å². The number of amides is 1. The topological polar surface area (TPSA) is 73.4 Å². The first-order valence-corrected chi connectivity index (χ1v) is 8.94. The normalized spacial score (nSPS) is 16.8. The third-order valence-electron chi connectivity index (χ3n) is 4.60. The van der Waals surface area contributed by atoms with Crippen LogP contribution in [0.2, 0.25) is 0 Å². The number of unbranched alkanes of at least 4 members (excludes halogenated alkanes) is 2. The molecular weight excluding hydrogens is 377 g/mol. The van der Waals surface area contributed by atoms with Crippen LogP contribution in [0.5, 0.6) is 0 Å². The molecule has 146 valence electrons. The van der Waals surface area contributed by atoms with Crippen molar-refractivity contribution in [3.8, 4) is 6.07 Å². The van der Waals surface area contributed by atoms with Crippen LogP contribution in [-0.2, 0) is 11.0 Å². The van der Waals surface area contributed by atoms with Crippen molar-refractivity contribution in [2.45, 2.75) is 44.8 Å². The number of carbonyl (C=O) groups excluding carboxylic acids is 1. The molecule has 0 atom stereocenters. The van der Waals surface area contributed by atoms with Crippen LogP contribution in [0.15, 0.2) is 18.2 Å². The van der Waals surface area contributed by atoms with Crippen molar-refractivity contribution in [2.75, 3.05) is 18.0 Å². The number of thiocarbonyl (C=S) groups is 1. The Morgan fingerprint density at radius 2 is 1.93 bits per heavy atom. The minimum absolute atomic E-state index is 0.00820. The molecule has 27 heavy (non-hydrogen) atoms. The van der Waals surface area contributed by atoms with Crippen molar-refractivity contribution < 1.29 is 18.0 Å². The predicted molar refractivity (Wildman–Crippen MR) is 99.9 cm³/mol. The van der Waals surface area contributed by atoms with E-state index in [0.29, 0.717) is 13.1 Å². The van der Waals surface area contributed by atoms with E-state index in [1.54, 1.807) is 18.7 Å². The van der Waals surface area contributed by atoms with Gasteiger partial charge in [0.15, 0.2) is 5.11 Å². The van der Waals surface area contributed by atoms with Gasteiger partial charge in [0.2, 0.25) is 0 Å². The average molecular weight is 398 g/mol. The van der Waals surface area contributed by atoms with Gasteiger partial charge in [0, 0.05) is 6.54 Å². The number of carbonyl (C=O) groups is 1. The summed E-state index contributed by atoms with van der Waals surface area (Å²) in [7, 11) is 0. The van der Waals surface area contributed by atoms with Crippen molar-refractivity contribution in [2.24, 2.45) is 5.73 Å². The van der Waals surface area contributed by atoms with E-state index >= 15 is 0 Å². The summed E-state index contributed by atoms with van der Waals surface area (Å²) in [6, 6.07) is 4.70. The van der Waals surface area contributed by atoms with E-state index in [1.807, 2.05) is 0 Å². The quantitative estimate of drug-likeness (QED) is 0.587. The highest BCUT2D eigenvalue weighted by Gasteiger charge is 2.49. The number of halogens is 3. The number of anilines is 1. The van der Waals surface area contributed by atoms with Gasteiger partial charge in [-0.15, -0.1) is 0 Å². The maximum atomic E-state index is 13.3. The van der Waals surface area contributed by atoms with Crippen LogP contribution in [0.1, 0.15) is 44.2 Å². The molecule has 1 saturated heterocycles. The van der Waals surface area contributed by atoms with E-state index in [-0.39, 0.29) is 10.8 Å². The van der Waals surface area contributed by atoms with E-state index in [9.17, 15) is 18.0 Å². The monoisotopic (exact) mass is 398 g/mol. The number of nitrogens with zero attached hydrogens (tertiary/aromatic N) is 3. The number of benzene rings is 1. The number of hydrogen-bond acceptors (Lipinski definition) is 4. The lowest BCUT2D eigenvalue weighted by Gasteiger charge is -2.29. The molecule has 1 aromatic carbocycles. The predicted octanol–water partition coefficient (Wildman–Crippen LogP) is 3.42. The smallest absolute Gasteiger partial charge is 0.334 e. The summed E-state index contributed by atoms with van der Waals surface area (Å²) < 4.78 is 39.8. The molecule has 0 saturated carbocycles. The van der Waals surface area contributed by atoms with Crippen LogP contribution in [0.25, 0.3) is 0 Å². The maximum Gasteiger partial charge on any atom is 0.417 e. The highest BCUT2D eigenvalue weighted by molar-refractivity contribution is 7.80. The van der Waals surface area contributed by atoms with E-state index < -0.39 is 28.7 Å². The molecule has 0 radical (unpaired) electrons. The van der Waals surface area contributed by atoms with Gasteiger partial charge in [-0.2, -0.15) is 18.4 Å². The Bertz CT molecular complexity index is 786. The van der Waals surface area contributed by atoms with Crippen LogP contribution in [-0.4, -0.2) is 34.5 Å². The summed E-state index contributed by atoms with van der Waals surface area (Å²) >= 11 is 5.41. The molecule has 5 nitrogen and oxygen atoms in total. The summed E-state index contributed by atoms with van der Waals surface area (Å²) in [5, 5.41) is 9.10. The van der Waals surface area contributed by atoms with Crippen molar-refractivity contribution in [3.05, 3.63) is 29.3 Å². The number of hydrogen-bond donors (Lipinski definition) is 1. The standard InChI is InChI=1S/C18H21F3N4OS/c1-17(2)15(26)25(16(27)24(17)9-5-3-4-8-22)13-7-6-12(11-23)14(10-13)18(19,20)21/h6-7,10H,3-5,8-9,22H2,1-2H3. The van der Waals surface area contributed by atoms with Gasteiger partial charge in [0.1, 0.15) is 5.54 Å². The van der Waals surface area contributed by atoms with Gasteiger partial charge in [0.25, 0.3) is 5.91 Å². The Kier molecular flexibility index (Phi) is 6.12. The van der Waals surface area contributed by atoms with Crippen LogP contribution in [0.3, 0.4) is 0 Å². The zero-order valence-corrected chi connectivity index (χ0v) is 16.0. The number of alkyl halides is 3. The lowest BCUT2D eigenvalue weighted by atomic mass is 10.0. The van der Waals surface area contributed by atoms with Crippen LogP contribution >= 0.6 is 12.2 Å². The summed E-state index contributed by atoms with van der Waals surface area (Å²) in [6.07, 6.45) is -2.22. The van der Waals surface area contributed by atoms with E-state index in [1.165, 1.54) is 12.1 Å². The zero-order chi connectivity index (χ0) is 20.4. The van der Waals surface area contributed by atoms with Crippen LogP contribution in [0.4, 0.5) is 18.9 Å². The third-order valence-corrected chi connectivity index (χ3v) is 5.00. The minimum Gasteiger partial charge on any atom is -0.334 e. The summed E-state index contributed by atoms with van der Waals surface area (Å²) in [6.45, 7) is 4.47. The Morgan fingerprint density at radius 3 is 2.48 bits per heavy atom. The molecule has 2 N–H and O–H groups in total. The fraction of sp³-hybridized carbons (Fsp3) is 0.500. The van der Waals surface area contributed by atoms with Gasteiger partial charge in [-0.3, -0.25) is 9.69 Å². The van der Waals surface area contributed by atoms with Crippen molar-refractivity contribution >= 4 is 28.9 Å². The Morgan fingerprint density at radius 1 is 1.26 bits per heavy atom. The number of nitriles is 1. The SMILES string of the molecule is CC1(C)C(=O)N(c2ccc(C#N)c(C(F)(F)F)c2)C(=S)N1CCCCCN. The van der Waals surface area contributed by atoms with Gasteiger partial charge in [0.05, 0.1) is 22.9 Å². The lowest BCUT2D eigenvalue weighted by molar-refractivity contribution is -0.137. The largest absolute Gasteiger partial charge is 0.417 e. The fourth-order valence-corrected chi connectivity index (χ4v) is 3.54. The molecule has 1 heterocycles. The van der Waals surface area contributed by atoms with Crippen molar-refractivity contribution in [3.63, 3.8) is 0 Å². The molecule has 1 amide bonds. The number of nitrogens with two attached hydrogens (primary N) is 1. The first-order chi connectivity index (χ1) is 12.6. The Labute approximate surface area is 161 Å². The number of rotatable bonds is 6. The van der Waals surface area contributed by atoms with E-state index in [2.05, 4.69) is 0 Å². The Hall–Kier alpha value is -2.18. The second-order valence-electron chi connectivity index (χ2n) is 6.82. The molecule has 9 heteroatoms. The van der Waals surface area contributed by atoms with E-state index in [4.69, 9.17) is 23.2 Å². The van der Waals surface area contributed by atoms with Crippen molar-refractivity contribution in [1.82, 2.24) is 4.90 Å². The molecule has 0 aromatic heterocycles. The minimum atomic E-state index is -4.71. The van der Waals surface area contributed by atoms with Gasteiger partial charge >= 0.3 is 6.18 Å². The molecule has 1 aliphatic heterocycles. The molecule has 1 aromatic rings. The maximum absolute atomic E-state index is 13.3. The summed E-state index contributed by atoms with van der Waals surface area (Å²) in [4.78, 5) is 15.7. The first kappa shape index (κ1) is 21.1. The lowest BCUT2D eigenvalue weighted by Crippen LogP contribution is -2.44. The highest BCUT2D eigenvalue weighted by Crippen LogP contribution is 2.37. The van der Waals surface area contributed by atoms with Gasteiger partial charge in [-0.05, 0) is 63.7 Å². The molecule has 0 bridgehead atoms. The molecule has 0 aliphatic carbocycles. The van der Waals surface area contributed by atoms with Gasteiger partial charge in [-0.25, -0.2) is 0 Å². The zero-order valence-electron chi connectivity index (χ0n) is 15.1. The second kappa shape index (κ2) is 7.82. The highest BCUT2D eigenvalue weighted by atomic mass is 32.1. The average Bonchev–Trinajstić information content (AvgIpc) is 2.76. The third kappa shape index (κ3) is 4.06. The van der Waals surface area contributed by atoms with Crippen molar-refractivity contribution in [1.29, 1.82) is 5.26 Å². The molecular formula is C18H21F3N4OS.